The molecule has 2 aromatic carbocycles. The molecule has 0 heterocycles. The van der Waals surface area contributed by atoms with E-state index in [1.54, 1.807) is 6.07 Å². The Morgan fingerprint density at radius 1 is 1.16 bits per heavy atom. The first-order valence-electron chi connectivity index (χ1n) is 6.25. The third-order valence-corrected chi connectivity index (χ3v) is 3.02. The van der Waals surface area contributed by atoms with Gasteiger partial charge in [-0.05, 0) is 29.7 Å². The van der Waals surface area contributed by atoms with E-state index in [4.69, 9.17) is 0 Å². The molecule has 0 spiro atoms. The van der Waals surface area contributed by atoms with E-state index >= 15 is 0 Å². The summed E-state index contributed by atoms with van der Waals surface area (Å²) in [6.07, 6.45) is 0. The van der Waals surface area contributed by atoms with Gasteiger partial charge in [-0.1, -0.05) is 43.3 Å². The monoisotopic (exact) mass is 257 g/mol. The molecule has 1 unspecified atom stereocenters. The third-order valence-electron chi connectivity index (χ3n) is 3.02. The number of carbonyl (C=O) groups excluding carboxylic acids is 1. The zero-order valence-electron chi connectivity index (χ0n) is 10.8. The van der Waals surface area contributed by atoms with Gasteiger partial charge in [0.05, 0.1) is 0 Å². The third kappa shape index (κ3) is 3.65. The van der Waals surface area contributed by atoms with Gasteiger partial charge < -0.3 is 5.32 Å². The lowest BCUT2D eigenvalue weighted by Gasteiger charge is -2.13. The van der Waals surface area contributed by atoms with E-state index in [0.29, 0.717) is 12.1 Å². The second-order valence-corrected chi connectivity index (χ2v) is 4.53. The topological polar surface area (TPSA) is 29.1 Å². The van der Waals surface area contributed by atoms with Gasteiger partial charge in [-0.2, -0.15) is 0 Å². The van der Waals surface area contributed by atoms with Gasteiger partial charge in [-0.15, -0.1) is 0 Å². The maximum Gasteiger partial charge on any atom is 0.251 e. The first kappa shape index (κ1) is 13.3. The minimum atomic E-state index is -0.399. The van der Waals surface area contributed by atoms with Gasteiger partial charge in [0.25, 0.3) is 5.91 Å². The summed E-state index contributed by atoms with van der Waals surface area (Å²) < 4.78 is 13.0. The van der Waals surface area contributed by atoms with Crippen molar-refractivity contribution in [3.05, 3.63) is 71.5 Å². The first-order chi connectivity index (χ1) is 9.16. The Hall–Kier alpha value is -2.16. The molecule has 1 N–H and O–H groups in total. The summed E-state index contributed by atoms with van der Waals surface area (Å²) in [5, 5.41) is 2.82. The van der Waals surface area contributed by atoms with E-state index in [-0.39, 0.29) is 11.8 Å². The van der Waals surface area contributed by atoms with Crippen LogP contribution in [0.25, 0.3) is 0 Å². The average molecular weight is 257 g/mol. The fourth-order valence-corrected chi connectivity index (χ4v) is 1.88. The maximum absolute atomic E-state index is 13.0. The highest BCUT2D eigenvalue weighted by Gasteiger charge is 2.09. The lowest BCUT2D eigenvalue weighted by atomic mass is 10.0. The largest absolute Gasteiger partial charge is 0.351 e. The molecule has 98 valence electrons. The van der Waals surface area contributed by atoms with Gasteiger partial charge in [0.15, 0.2) is 0 Å². The molecular weight excluding hydrogens is 241 g/mol. The summed E-state index contributed by atoms with van der Waals surface area (Å²) in [5.41, 5.74) is 1.52. The van der Waals surface area contributed by atoms with E-state index in [1.165, 1.54) is 23.8 Å². The first-order valence-corrected chi connectivity index (χ1v) is 6.25. The van der Waals surface area contributed by atoms with Crippen LogP contribution < -0.4 is 5.32 Å². The molecular formula is C16H16FNO. The minimum Gasteiger partial charge on any atom is -0.351 e. The van der Waals surface area contributed by atoms with E-state index < -0.39 is 5.82 Å². The van der Waals surface area contributed by atoms with Crippen molar-refractivity contribution in [3.63, 3.8) is 0 Å². The standard InChI is InChI=1S/C16H16FNO/c1-12(13-6-3-2-4-7-13)11-18-16(19)14-8-5-9-15(17)10-14/h2-10,12H,11H2,1H3,(H,18,19). The van der Waals surface area contributed by atoms with Gasteiger partial charge in [0.2, 0.25) is 0 Å². The predicted molar refractivity (Wildman–Crippen MR) is 73.6 cm³/mol. The van der Waals surface area contributed by atoms with Gasteiger partial charge in [-0.25, -0.2) is 4.39 Å². The van der Waals surface area contributed by atoms with Crippen molar-refractivity contribution in [2.24, 2.45) is 0 Å². The second-order valence-electron chi connectivity index (χ2n) is 4.53. The zero-order chi connectivity index (χ0) is 13.7. The molecule has 0 aromatic heterocycles. The number of halogens is 1. The molecule has 0 radical (unpaired) electrons. The smallest absolute Gasteiger partial charge is 0.251 e. The number of nitrogens with one attached hydrogen (secondary N) is 1. The van der Waals surface area contributed by atoms with E-state index in [9.17, 15) is 9.18 Å². The summed E-state index contributed by atoms with van der Waals surface area (Å²) in [6.45, 7) is 2.57. The van der Waals surface area contributed by atoms with Gasteiger partial charge >= 0.3 is 0 Å². The van der Waals surface area contributed by atoms with Crippen molar-refractivity contribution in [2.45, 2.75) is 12.8 Å². The molecule has 0 bridgehead atoms. The Kier molecular flexibility index (Phi) is 4.29. The quantitative estimate of drug-likeness (QED) is 0.894. The predicted octanol–water partition coefficient (Wildman–Crippen LogP) is 3.36. The highest BCUT2D eigenvalue weighted by Crippen LogP contribution is 2.13. The molecule has 19 heavy (non-hydrogen) atoms. The normalized spacial score (nSPS) is 11.9. The number of benzene rings is 2. The van der Waals surface area contributed by atoms with Crippen LogP contribution in [0.1, 0.15) is 28.8 Å². The Balaban J connectivity index is 1.94. The lowest BCUT2D eigenvalue weighted by Crippen LogP contribution is -2.27. The van der Waals surface area contributed by atoms with Crippen molar-refractivity contribution >= 4 is 5.91 Å². The molecule has 0 fully saturated rings. The summed E-state index contributed by atoms with van der Waals surface area (Å²) in [4.78, 5) is 11.9. The molecule has 1 amide bonds. The van der Waals surface area contributed by atoms with Crippen LogP contribution in [0.4, 0.5) is 4.39 Å². The van der Waals surface area contributed by atoms with Crippen molar-refractivity contribution in [2.75, 3.05) is 6.54 Å². The molecule has 0 aliphatic rings. The van der Waals surface area contributed by atoms with Crippen LogP contribution in [0.5, 0.6) is 0 Å². The number of hydrogen-bond acceptors (Lipinski definition) is 1. The second kappa shape index (κ2) is 6.14. The van der Waals surface area contributed by atoms with Crippen LogP contribution in [0.2, 0.25) is 0 Å². The molecule has 1 atom stereocenters. The highest BCUT2D eigenvalue weighted by molar-refractivity contribution is 5.94. The van der Waals surface area contributed by atoms with Crippen LogP contribution in [0.3, 0.4) is 0 Å². The van der Waals surface area contributed by atoms with E-state index in [0.717, 1.165) is 0 Å². The Bertz CT molecular complexity index is 554. The van der Waals surface area contributed by atoms with Crippen LogP contribution in [0, 0.1) is 5.82 Å². The van der Waals surface area contributed by atoms with Crippen molar-refractivity contribution in [3.8, 4) is 0 Å². The summed E-state index contributed by atoms with van der Waals surface area (Å²) in [5.74, 6) is -0.426. The lowest BCUT2D eigenvalue weighted by molar-refractivity contribution is 0.0951. The van der Waals surface area contributed by atoms with E-state index in [1.807, 2.05) is 37.3 Å². The zero-order valence-corrected chi connectivity index (χ0v) is 10.8. The number of hydrogen-bond donors (Lipinski definition) is 1. The molecule has 3 heteroatoms. The Labute approximate surface area is 112 Å². The van der Waals surface area contributed by atoms with Crippen LogP contribution in [0.15, 0.2) is 54.6 Å². The average Bonchev–Trinajstić information content (AvgIpc) is 2.45. The fraction of sp³-hybridized carbons (Fsp3) is 0.188. The van der Waals surface area contributed by atoms with Gasteiger partial charge in [-0.3, -0.25) is 4.79 Å². The number of amides is 1. The number of carbonyl (C=O) groups is 1. The molecule has 2 rings (SSSR count). The Morgan fingerprint density at radius 2 is 1.89 bits per heavy atom. The SMILES string of the molecule is CC(CNC(=O)c1cccc(F)c1)c1ccccc1. The van der Waals surface area contributed by atoms with E-state index in [2.05, 4.69) is 5.32 Å². The molecule has 0 aliphatic carbocycles. The number of rotatable bonds is 4. The highest BCUT2D eigenvalue weighted by atomic mass is 19.1. The van der Waals surface area contributed by atoms with Crippen molar-refractivity contribution in [1.82, 2.24) is 5.32 Å². The minimum absolute atomic E-state index is 0.221. The van der Waals surface area contributed by atoms with Gasteiger partial charge in [0.1, 0.15) is 5.82 Å². The summed E-state index contributed by atoms with van der Waals surface area (Å²) >= 11 is 0. The molecule has 2 aromatic rings. The molecule has 2 nitrogen and oxygen atoms in total. The van der Waals surface area contributed by atoms with Crippen LogP contribution >= 0.6 is 0 Å². The Morgan fingerprint density at radius 3 is 2.58 bits per heavy atom. The van der Waals surface area contributed by atoms with Crippen molar-refractivity contribution < 1.29 is 9.18 Å². The molecule has 0 saturated carbocycles. The molecule has 0 aliphatic heterocycles. The summed E-state index contributed by atoms with van der Waals surface area (Å²) in [6, 6.07) is 15.7. The van der Waals surface area contributed by atoms with Crippen molar-refractivity contribution in [1.29, 1.82) is 0 Å². The molecule has 0 saturated heterocycles. The fourth-order valence-electron chi connectivity index (χ4n) is 1.88. The van der Waals surface area contributed by atoms with Gasteiger partial charge in [0, 0.05) is 12.1 Å². The van der Waals surface area contributed by atoms with Crippen LogP contribution in [-0.2, 0) is 0 Å². The van der Waals surface area contributed by atoms with Crippen LogP contribution in [-0.4, -0.2) is 12.5 Å². The maximum atomic E-state index is 13.0. The summed E-state index contributed by atoms with van der Waals surface area (Å²) in [7, 11) is 0.